The van der Waals surface area contributed by atoms with Gasteiger partial charge < -0.3 is 20.4 Å². The van der Waals surface area contributed by atoms with Crippen molar-refractivity contribution in [2.24, 2.45) is 5.92 Å². The van der Waals surface area contributed by atoms with E-state index in [0.29, 0.717) is 18.2 Å². The number of carboxylic acids is 1. The van der Waals surface area contributed by atoms with E-state index in [1.807, 2.05) is 0 Å². The topological polar surface area (TPSA) is 89.9 Å². The highest BCUT2D eigenvalue weighted by molar-refractivity contribution is 5.91. The van der Waals surface area contributed by atoms with Crippen LogP contribution < -0.4 is 5.32 Å². The molecule has 1 saturated carbocycles. The van der Waals surface area contributed by atoms with Crippen molar-refractivity contribution in [3.05, 3.63) is 29.8 Å². The van der Waals surface area contributed by atoms with Gasteiger partial charge in [-0.15, -0.1) is 0 Å². The summed E-state index contributed by atoms with van der Waals surface area (Å²) in [6.07, 6.45) is 1.26. The Balaban J connectivity index is 1.85. The van der Waals surface area contributed by atoms with E-state index in [4.69, 9.17) is 5.11 Å². The quantitative estimate of drug-likeness (QED) is 0.780. The van der Waals surface area contributed by atoms with Gasteiger partial charge in [0, 0.05) is 19.3 Å². The summed E-state index contributed by atoms with van der Waals surface area (Å²) >= 11 is 0. The molecule has 6 nitrogen and oxygen atoms in total. The number of benzene rings is 1. The lowest BCUT2D eigenvalue weighted by Crippen LogP contribution is -2.41. The maximum absolute atomic E-state index is 11.9. The van der Waals surface area contributed by atoms with Crippen molar-refractivity contribution in [1.82, 2.24) is 4.90 Å². The first-order valence-electron chi connectivity index (χ1n) is 6.49. The number of aliphatic hydroxyl groups is 1. The Morgan fingerprint density at radius 2 is 1.90 bits per heavy atom. The van der Waals surface area contributed by atoms with Crippen molar-refractivity contribution in [3.8, 4) is 0 Å². The molecule has 3 N–H and O–H groups in total. The highest BCUT2D eigenvalue weighted by Crippen LogP contribution is 2.27. The lowest BCUT2D eigenvalue weighted by atomic mass is 9.82. The predicted molar refractivity (Wildman–Crippen MR) is 73.8 cm³/mol. The molecule has 108 valence electrons. The molecule has 6 heteroatoms. The molecule has 0 aliphatic heterocycles. The lowest BCUT2D eigenvalue weighted by Gasteiger charge is -2.34. The number of hydrogen-bond acceptors (Lipinski definition) is 3. The van der Waals surface area contributed by atoms with Gasteiger partial charge in [0.1, 0.15) is 0 Å². The maximum atomic E-state index is 11.9. The van der Waals surface area contributed by atoms with Crippen molar-refractivity contribution in [2.75, 3.05) is 18.9 Å². The molecular formula is C14H18N2O4. The summed E-state index contributed by atoms with van der Waals surface area (Å²) in [4.78, 5) is 24.2. The van der Waals surface area contributed by atoms with E-state index in [2.05, 4.69) is 5.32 Å². The van der Waals surface area contributed by atoms with Gasteiger partial charge in [-0.25, -0.2) is 9.59 Å². The minimum atomic E-state index is -0.997. The fraction of sp³-hybridized carbons (Fsp3) is 0.429. The molecule has 1 fully saturated rings. The number of carboxylic acid groups (broad SMARTS) is 1. The van der Waals surface area contributed by atoms with Crippen LogP contribution in [0.25, 0.3) is 0 Å². The molecule has 0 radical (unpaired) electrons. The minimum absolute atomic E-state index is 0.180. The van der Waals surface area contributed by atoms with Gasteiger partial charge in [0.25, 0.3) is 0 Å². The summed E-state index contributed by atoms with van der Waals surface area (Å²) in [5, 5.41) is 20.7. The second kappa shape index (κ2) is 5.92. The average Bonchev–Trinajstić information content (AvgIpc) is 2.37. The first kappa shape index (κ1) is 14.3. The molecule has 0 spiro atoms. The van der Waals surface area contributed by atoms with Gasteiger partial charge in [-0.2, -0.15) is 0 Å². The zero-order valence-electron chi connectivity index (χ0n) is 11.2. The molecular weight excluding hydrogens is 260 g/mol. The highest BCUT2D eigenvalue weighted by Gasteiger charge is 2.29. The molecule has 2 amide bonds. The number of rotatable bonds is 4. The first-order valence-corrected chi connectivity index (χ1v) is 6.49. The van der Waals surface area contributed by atoms with Crippen LogP contribution in [0.2, 0.25) is 0 Å². The molecule has 0 heterocycles. The Kier molecular flexibility index (Phi) is 4.24. The Labute approximate surface area is 117 Å². The largest absolute Gasteiger partial charge is 0.478 e. The maximum Gasteiger partial charge on any atom is 0.335 e. The van der Waals surface area contributed by atoms with Gasteiger partial charge in [0.2, 0.25) is 0 Å². The van der Waals surface area contributed by atoms with E-state index in [-0.39, 0.29) is 17.7 Å². The summed E-state index contributed by atoms with van der Waals surface area (Å²) in [6, 6.07) is 5.76. The molecule has 0 aromatic heterocycles. The number of amides is 2. The van der Waals surface area contributed by atoms with E-state index in [9.17, 15) is 14.7 Å². The summed E-state index contributed by atoms with van der Waals surface area (Å²) in [5.41, 5.74) is 0.736. The number of aliphatic hydroxyl groups excluding tert-OH is 1. The van der Waals surface area contributed by atoms with Crippen molar-refractivity contribution >= 4 is 17.7 Å². The predicted octanol–water partition coefficient (Wildman–Crippen LogP) is 1.62. The zero-order valence-corrected chi connectivity index (χ0v) is 11.2. The second-order valence-corrected chi connectivity index (χ2v) is 5.18. The Bertz CT molecular complexity index is 494. The van der Waals surface area contributed by atoms with Crippen LogP contribution in [-0.2, 0) is 0 Å². The lowest BCUT2D eigenvalue weighted by molar-refractivity contribution is 0.0332. The van der Waals surface area contributed by atoms with E-state index >= 15 is 0 Å². The number of nitrogens with one attached hydrogen (secondary N) is 1. The Morgan fingerprint density at radius 3 is 2.40 bits per heavy atom. The molecule has 0 atom stereocenters. The third-order valence-electron chi connectivity index (χ3n) is 3.47. The Hall–Kier alpha value is -2.08. The molecule has 0 saturated heterocycles. The van der Waals surface area contributed by atoms with Crippen molar-refractivity contribution < 1.29 is 19.8 Å². The molecule has 20 heavy (non-hydrogen) atoms. The van der Waals surface area contributed by atoms with E-state index < -0.39 is 5.97 Å². The standard InChI is InChI=1S/C14H18N2O4/c1-16(8-9-6-12(17)7-9)14(20)15-11-4-2-10(3-5-11)13(18)19/h2-5,9,12,17H,6-8H2,1H3,(H,15,20)(H,18,19). The van der Waals surface area contributed by atoms with Crippen LogP contribution in [0.1, 0.15) is 23.2 Å². The molecule has 1 aliphatic carbocycles. The van der Waals surface area contributed by atoms with Crippen molar-refractivity contribution in [1.29, 1.82) is 0 Å². The third kappa shape index (κ3) is 3.48. The van der Waals surface area contributed by atoms with Gasteiger partial charge in [-0.1, -0.05) is 0 Å². The molecule has 1 aromatic rings. The smallest absolute Gasteiger partial charge is 0.335 e. The Morgan fingerprint density at radius 1 is 1.30 bits per heavy atom. The first-order chi connectivity index (χ1) is 9.45. The number of aromatic carboxylic acids is 1. The number of hydrogen-bond donors (Lipinski definition) is 3. The van der Waals surface area contributed by atoms with E-state index in [1.54, 1.807) is 24.1 Å². The number of anilines is 1. The van der Waals surface area contributed by atoms with Gasteiger partial charge >= 0.3 is 12.0 Å². The van der Waals surface area contributed by atoms with Crippen molar-refractivity contribution in [3.63, 3.8) is 0 Å². The molecule has 0 unspecified atom stereocenters. The average molecular weight is 278 g/mol. The van der Waals surface area contributed by atoms with Crippen LogP contribution in [0.15, 0.2) is 24.3 Å². The van der Waals surface area contributed by atoms with Gasteiger partial charge in [0.15, 0.2) is 0 Å². The van der Waals surface area contributed by atoms with Crippen LogP contribution in [-0.4, -0.2) is 46.8 Å². The third-order valence-corrected chi connectivity index (χ3v) is 3.47. The minimum Gasteiger partial charge on any atom is -0.478 e. The number of carbonyl (C=O) groups is 2. The van der Waals surface area contributed by atoms with Gasteiger partial charge in [-0.3, -0.25) is 0 Å². The summed E-state index contributed by atoms with van der Waals surface area (Å²) in [6.45, 7) is 0.607. The number of urea groups is 1. The van der Waals surface area contributed by atoms with Crippen LogP contribution >= 0.6 is 0 Å². The fourth-order valence-corrected chi connectivity index (χ4v) is 2.23. The van der Waals surface area contributed by atoms with E-state index in [1.165, 1.54) is 12.1 Å². The van der Waals surface area contributed by atoms with Crippen LogP contribution in [0.5, 0.6) is 0 Å². The van der Waals surface area contributed by atoms with Gasteiger partial charge in [-0.05, 0) is 43.0 Å². The van der Waals surface area contributed by atoms with Crippen LogP contribution in [0, 0.1) is 5.92 Å². The van der Waals surface area contributed by atoms with Crippen LogP contribution in [0.4, 0.5) is 10.5 Å². The second-order valence-electron chi connectivity index (χ2n) is 5.18. The van der Waals surface area contributed by atoms with Crippen molar-refractivity contribution in [2.45, 2.75) is 18.9 Å². The monoisotopic (exact) mass is 278 g/mol. The zero-order chi connectivity index (χ0) is 14.7. The molecule has 2 rings (SSSR count). The van der Waals surface area contributed by atoms with Gasteiger partial charge in [0.05, 0.1) is 11.7 Å². The molecule has 1 aliphatic rings. The summed E-state index contributed by atoms with van der Waals surface area (Å²) in [5.74, 6) is -0.640. The van der Waals surface area contributed by atoms with Crippen LogP contribution in [0.3, 0.4) is 0 Å². The summed E-state index contributed by atoms with van der Waals surface area (Å²) < 4.78 is 0. The molecule has 1 aromatic carbocycles. The number of carbonyl (C=O) groups excluding carboxylic acids is 1. The highest BCUT2D eigenvalue weighted by atomic mass is 16.4. The summed E-state index contributed by atoms with van der Waals surface area (Å²) in [7, 11) is 1.70. The SMILES string of the molecule is CN(CC1CC(O)C1)C(=O)Nc1ccc(C(=O)O)cc1. The normalized spacial score (nSPS) is 20.9. The number of nitrogens with zero attached hydrogens (tertiary/aromatic N) is 1. The van der Waals surface area contributed by atoms with E-state index in [0.717, 1.165) is 12.8 Å². The fourth-order valence-electron chi connectivity index (χ4n) is 2.23. The molecule has 0 bridgehead atoms.